The maximum atomic E-state index is 12.2. The quantitative estimate of drug-likeness (QED) is 0.744. The molecular formula is C13H22N2O2. The average Bonchev–Trinajstić information content (AvgIpc) is 2.76. The third kappa shape index (κ3) is 3.07. The highest BCUT2D eigenvalue weighted by atomic mass is 16.5. The molecule has 0 aromatic carbocycles. The first-order valence-corrected chi connectivity index (χ1v) is 6.55. The van der Waals surface area contributed by atoms with Gasteiger partial charge < -0.3 is 15.4 Å². The van der Waals surface area contributed by atoms with Crippen LogP contribution in [0.4, 0.5) is 0 Å². The maximum Gasteiger partial charge on any atom is 0.229 e. The van der Waals surface area contributed by atoms with Gasteiger partial charge in [-0.05, 0) is 26.2 Å². The van der Waals surface area contributed by atoms with Crippen LogP contribution in [0.2, 0.25) is 0 Å². The third-order valence-corrected chi connectivity index (χ3v) is 3.59. The molecule has 17 heavy (non-hydrogen) atoms. The summed E-state index contributed by atoms with van der Waals surface area (Å²) >= 11 is 0. The first-order valence-electron chi connectivity index (χ1n) is 6.55. The van der Waals surface area contributed by atoms with Gasteiger partial charge in [-0.15, -0.1) is 0 Å². The molecule has 4 nitrogen and oxygen atoms in total. The van der Waals surface area contributed by atoms with Crippen LogP contribution in [0.25, 0.3) is 0 Å². The Morgan fingerprint density at radius 2 is 2.12 bits per heavy atom. The van der Waals surface area contributed by atoms with Gasteiger partial charge >= 0.3 is 0 Å². The van der Waals surface area contributed by atoms with E-state index < -0.39 is 0 Å². The van der Waals surface area contributed by atoms with Crippen LogP contribution in [0, 0.1) is 5.92 Å². The number of carbonyl (C=O) groups excluding carboxylic acids is 1. The number of piperidine rings is 1. The second kappa shape index (κ2) is 5.65. The van der Waals surface area contributed by atoms with Crippen LogP contribution in [0.5, 0.6) is 0 Å². The second-order valence-corrected chi connectivity index (χ2v) is 4.87. The van der Waals surface area contributed by atoms with E-state index in [1.807, 2.05) is 24.0 Å². The molecule has 0 aromatic heterocycles. The Balaban J connectivity index is 1.80. The van der Waals surface area contributed by atoms with Crippen molar-refractivity contribution in [2.24, 2.45) is 11.7 Å². The Hall–Kier alpha value is -0.870. The zero-order chi connectivity index (χ0) is 12.3. The van der Waals surface area contributed by atoms with E-state index in [4.69, 9.17) is 10.5 Å². The van der Waals surface area contributed by atoms with Gasteiger partial charge in [-0.25, -0.2) is 0 Å². The van der Waals surface area contributed by atoms with Crippen LogP contribution in [0.1, 0.15) is 26.2 Å². The Morgan fingerprint density at radius 3 is 2.65 bits per heavy atom. The highest BCUT2D eigenvalue weighted by molar-refractivity contribution is 5.81. The Morgan fingerprint density at radius 1 is 1.41 bits per heavy atom. The fourth-order valence-electron chi connectivity index (χ4n) is 2.62. The molecule has 2 atom stereocenters. The van der Waals surface area contributed by atoms with Crippen molar-refractivity contribution in [3.63, 3.8) is 0 Å². The van der Waals surface area contributed by atoms with Gasteiger partial charge in [0.05, 0.1) is 12.0 Å². The molecule has 0 radical (unpaired) electrons. The molecule has 0 saturated carbocycles. The third-order valence-electron chi connectivity index (χ3n) is 3.59. The topological polar surface area (TPSA) is 55.6 Å². The van der Waals surface area contributed by atoms with Crippen LogP contribution in [-0.2, 0) is 9.53 Å². The van der Waals surface area contributed by atoms with Crippen molar-refractivity contribution in [3.05, 3.63) is 12.2 Å². The molecule has 2 aliphatic rings. The largest absolute Gasteiger partial charge is 0.378 e. The molecular weight excluding hydrogens is 216 g/mol. The van der Waals surface area contributed by atoms with E-state index >= 15 is 0 Å². The standard InChI is InChI=1S/C13H22N2O2/c1-2-17-12-5-7-15(8-6-12)13(16)10-3-4-11(14)9-10/h3-4,10-12H,2,5-9,14H2,1H3. The van der Waals surface area contributed by atoms with E-state index in [0.29, 0.717) is 6.10 Å². The molecule has 0 aromatic rings. The van der Waals surface area contributed by atoms with E-state index in [-0.39, 0.29) is 17.9 Å². The van der Waals surface area contributed by atoms with Gasteiger partial charge in [0.2, 0.25) is 5.91 Å². The minimum Gasteiger partial charge on any atom is -0.378 e. The van der Waals surface area contributed by atoms with Gasteiger partial charge in [-0.1, -0.05) is 12.2 Å². The number of carbonyl (C=O) groups is 1. The smallest absolute Gasteiger partial charge is 0.229 e. The maximum absolute atomic E-state index is 12.2. The summed E-state index contributed by atoms with van der Waals surface area (Å²) in [6.45, 7) is 4.42. The lowest BCUT2D eigenvalue weighted by Crippen LogP contribution is -2.43. The van der Waals surface area contributed by atoms with Gasteiger partial charge in [0.1, 0.15) is 0 Å². The number of ether oxygens (including phenoxy) is 1. The first kappa shape index (κ1) is 12.6. The Bertz CT molecular complexity index is 296. The fourth-order valence-corrected chi connectivity index (χ4v) is 2.62. The Labute approximate surface area is 103 Å². The average molecular weight is 238 g/mol. The zero-order valence-corrected chi connectivity index (χ0v) is 10.5. The molecule has 1 saturated heterocycles. The summed E-state index contributed by atoms with van der Waals surface area (Å²) in [6.07, 6.45) is 6.93. The highest BCUT2D eigenvalue weighted by Crippen LogP contribution is 2.22. The zero-order valence-electron chi connectivity index (χ0n) is 10.5. The van der Waals surface area contributed by atoms with Gasteiger partial charge in [0.15, 0.2) is 0 Å². The summed E-state index contributed by atoms with van der Waals surface area (Å²) in [7, 11) is 0. The molecule has 1 aliphatic carbocycles. The predicted molar refractivity (Wildman–Crippen MR) is 66.5 cm³/mol. The van der Waals surface area contributed by atoms with Crippen molar-refractivity contribution in [3.8, 4) is 0 Å². The van der Waals surface area contributed by atoms with Crippen molar-refractivity contribution in [1.29, 1.82) is 0 Å². The van der Waals surface area contributed by atoms with E-state index in [9.17, 15) is 4.79 Å². The number of nitrogens with two attached hydrogens (primary N) is 1. The van der Waals surface area contributed by atoms with E-state index in [1.165, 1.54) is 0 Å². The van der Waals surface area contributed by atoms with E-state index in [1.54, 1.807) is 0 Å². The van der Waals surface area contributed by atoms with Crippen molar-refractivity contribution >= 4 is 5.91 Å². The number of likely N-dealkylation sites (tertiary alicyclic amines) is 1. The van der Waals surface area contributed by atoms with Crippen molar-refractivity contribution in [1.82, 2.24) is 4.90 Å². The van der Waals surface area contributed by atoms with E-state index in [0.717, 1.165) is 39.0 Å². The monoisotopic (exact) mass is 238 g/mol. The molecule has 1 amide bonds. The van der Waals surface area contributed by atoms with Crippen LogP contribution in [0.3, 0.4) is 0 Å². The summed E-state index contributed by atoms with van der Waals surface area (Å²) in [5.74, 6) is 0.248. The van der Waals surface area contributed by atoms with E-state index in [2.05, 4.69) is 0 Å². The number of amides is 1. The minimum absolute atomic E-state index is 0.00800. The summed E-state index contributed by atoms with van der Waals surface area (Å²) in [6, 6.07) is 0.0601. The minimum atomic E-state index is 0.00800. The molecule has 4 heteroatoms. The van der Waals surface area contributed by atoms with Crippen molar-refractivity contribution in [2.45, 2.75) is 38.3 Å². The van der Waals surface area contributed by atoms with Gasteiger partial charge in [0.25, 0.3) is 0 Å². The Kier molecular flexibility index (Phi) is 4.18. The molecule has 0 spiro atoms. The predicted octanol–water partition coefficient (Wildman–Crippen LogP) is 0.917. The lowest BCUT2D eigenvalue weighted by molar-refractivity contribution is -0.136. The molecule has 0 bridgehead atoms. The number of hydrogen-bond donors (Lipinski definition) is 1. The van der Waals surface area contributed by atoms with Gasteiger partial charge in [0, 0.05) is 25.7 Å². The normalized spacial score (nSPS) is 29.9. The van der Waals surface area contributed by atoms with Crippen LogP contribution >= 0.6 is 0 Å². The molecule has 2 rings (SSSR count). The molecule has 1 fully saturated rings. The fraction of sp³-hybridized carbons (Fsp3) is 0.769. The van der Waals surface area contributed by atoms with Crippen LogP contribution < -0.4 is 5.73 Å². The number of rotatable bonds is 3. The summed E-state index contributed by atoms with van der Waals surface area (Å²) in [4.78, 5) is 14.1. The SMILES string of the molecule is CCOC1CCN(C(=O)C2C=CC(N)C2)CC1. The van der Waals surface area contributed by atoms with Crippen molar-refractivity contribution in [2.75, 3.05) is 19.7 Å². The summed E-state index contributed by atoms with van der Waals surface area (Å²) < 4.78 is 5.58. The van der Waals surface area contributed by atoms with Crippen molar-refractivity contribution < 1.29 is 9.53 Å². The number of nitrogens with zero attached hydrogens (tertiary/aromatic N) is 1. The number of hydrogen-bond acceptors (Lipinski definition) is 3. The van der Waals surface area contributed by atoms with Gasteiger partial charge in [-0.3, -0.25) is 4.79 Å². The molecule has 2 unspecified atom stereocenters. The first-order chi connectivity index (χ1) is 8.20. The molecule has 96 valence electrons. The van der Waals surface area contributed by atoms with Crippen LogP contribution in [-0.4, -0.2) is 42.6 Å². The summed E-state index contributed by atoms with van der Waals surface area (Å²) in [5.41, 5.74) is 5.78. The molecule has 1 heterocycles. The highest BCUT2D eigenvalue weighted by Gasteiger charge is 2.29. The van der Waals surface area contributed by atoms with Gasteiger partial charge in [-0.2, -0.15) is 0 Å². The lowest BCUT2D eigenvalue weighted by atomic mass is 10.0. The molecule has 1 aliphatic heterocycles. The van der Waals surface area contributed by atoms with Crippen LogP contribution in [0.15, 0.2) is 12.2 Å². The lowest BCUT2D eigenvalue weighted by Gasteiger charge is -2.33. The summed E-state index contributed by atoms with van der Waals surface area (Å²) in [5, 5.41) is 0. The molecule has 2 N–H and O–H groups in total. The second-order valence-electron chi connectivity index (χ2n) is 4.87.